The van der Waals surface area contributed by atoms with Gasteiger partial charge >= 0.3 is 12.3 Å². The molecule has 10 heteroatoms. The summed E-state index contributed by atoms with van der Waals surface area (Å²) in [5.74, 6) is 0.603. The molecule has 0 bridgehead atoms. The van der Waals surface area contributed by atoms with E-state index in [-0.39, 0.29) is 16.4 Å². The van der Waals surface area contributed by atoms with Gasteiger partial charge in [-0.05, 0) is 30.3 Å². The summed E-state index contributed by atoms with van der Waals surface area (Å²) in [7, 11) is 1.51. The second-order valence-electron chi connectivity index (χ2n) is 6.09. The van der Waals surface area contributed by atoms with Crippen LogP contribution < -0.4 is 10.1 Å². The Morgan fingerprint density at radius 3 is 2.35 bits per heavy atom. The monoisotopic (exact) mass is 449 g/mol. The lowest BCUT2D eigenvalue weighted by Gasteiger charge is -2.11. The number of alkyl halides is 3. The van der Waals surface area contributed by atoms with Gasteiger partial charge in [0, 0.05) is 17.4 Å². The van der Waals surface area contributed by atoms with E-state index in [0.29, 0.717) is 23.2 Å². The van der Waals surface area contributed by atoms with Crippen molar-refractivity contribution < 1.29 is 27.5 Å². The van der Waals surface area contributed by atoms with E-state index < -0.39 is 17.8 Å². The Hall–Kier alpha value is -3.59. The Kier molecular flexibility index (Phi) is 6.76. The quantitative estimate of drug-likeness (QED) is 0.305. The highest BCUT2D eigenvalue weighted by Crippen LogP contribution is 2.31. The standard InChI is InChI=1S/C21H15ClF3N3O3/c1-30-16-9-7-15(8-10-16)27-20(29)31-28-18(13-5-3-2-4-6-13)19-17(22)11-14(12-26-19)21(23,24)25/h2-12H,1H3,(H,27,29)/b28-18+. The van der Waals surface area contributed by atoms with Gasteiger partial charge in [0.2, 0.25) is 0 Å². The maximum atomic E-state index is 12.9. The molecule has 1 aromatic heterocycles. The fourth-order valence-electron chi connectivity index (χ4n) is 2.50. The first-order valence-corrected chi connectivity index (χ1v) is 9.14. The summed E-state index contributed by atoms with van der Waals surface area (Å²) in [6.07, 6.45) is -4.88. The summed E-state index contributed by atoms with van der Waals surface area (Å²) in [6.45, 7) is 0. The summed E-state index contributed by atoms with van der Waals surface area (Å²) in [5.41, 5.74) is -0.226. The van der Waals surface area contributed by atoms with Crippen molar-refractivity contribution in [2.75, 3.05) is 12.4 Å². The highest BCUT2D eigenvalue weighted by atomic mass is 35.5. The van der Waals surface area contributed by atoms with Crippen molar-refractivity contribution in [3.05, 3.63) is 88.7 Å². The molecule has 0 unspecified atom stereocenters. The van der Waals surface area contributed by atoms with Crippen LogP contribution in [-0.4, -0.2) is 23.9 Å². The number of nitrogens with zero attached hydrogens (tertiary/aromatic N) is 2. The molecule has 0 spiro atoms. The average Bonchev–Trinajstić information content (AvgIpc) is 2.75. The van der Waals surface area contributed by atoms with Crippen LogP contribution in [0.2, 0.25) is 5.02 Å². The Labute approximate surface area is 180 Å². The number of aromatic nitrogens is 1. The van der Waals surface area contributed by atoms with E-state index in [4.69, 9.17) is 21.2 Å². The van der Waals surface area contributed by atoms with Crippen LogP contribution in [0.5, 0.6) is 5.75 Å². The molecule has 3 aromatic rings. The molecule has 0 saturated heterocycles. The zero-order chi connectivity index (χ0) is 22.4. The van der Waals surface area contributed by atoms with Crippen molar-refractivity contribution in [2.45, 2.75) is 6.18 Å². The highest BCUT2D eigenvalue weighted by Gasteiger charge is 2.32. The van der Waals surface area contributed by atoms with Crippen molar-refractivity contribution in [3.8, 4) is 5.75 Å². The van der Waals surface area contributed by atoms with Crippen molar-refractivity contribution in [1.82, 2.24) is 4.98 Å². The highest BCUT2D eigenvalue weighted by molar-refractivity contribution is 6.35. The first-order chi connectivity index (χ1) is 14.8. The van der Waals surface area contributed by atoms with E-state index in [9.17, 15) is 18.0 Å². The summed E-state index contributed by atoms with van der Waals surface area (Å²) in [6, 6.07) is 15.5. The van der Waals surface area contributed by atoms with E-state index in [1.165, 1.54) is 7.11 Å². The number of amides is 1. The van der Waals surface area contributed by atoms with Crippen LogP contribution in [-0.2, 0) is 11.0 Å². The molecule has 6 nitrogen and oxygen atoms in total. The molecule has 0 fully saturated rings. The maximum absolute atomic E-state index is 12.9. The lowest BCUT2D eigenvalue weighted by atomic mass is 10.1. The van der Waals surface area contributed by atoms with Gasteiger partial charge in [-0.25, -0.2) is 4.79 Å². The van der Waals surface area contributed by atoms with Crippen LogP contribution in [0, 0.1) is 0 Å². The van der Waals surface area contributed by atoms with E-state index in [1.807, 2.05) is 0 Å². The number of pyridine rings is 1. The summed E-state index contributed by atoms with van der Waals surface area (Å²) in [4.78, 5) is 20.8. The van der Waals surface area contributed by atoms with E-state index in [0.717, 1.165) is 6.07 Å². The zero-order valence-electron chi connectivity index (χ0n) is 16.0. The molecule has 0 atom stereocenters. The van der Waals surface area contributed by atoms with Crippen molar-refractivity contribution in [3.63, 3.8) is 0 Å². The number of rotatable bonds is 5. The number of methoxy groups -OCH3 is 1. The number of anilines is 1. The molecule has 0 radical (unpaired) electrons. The number of carbonyl (C=O) groups is 1. The minimum atomic E-state index is -4.60. The van der Waals surface area contributed by atoms with Crippen LogP contribution in [0.1, 0.15) is 16.8 Å². The Morgan fingerprint density at radius 1 is 1.10 bits per heavy atom. The Balaban J connectivity index is 1.87. The number of oxime groups is 1. The van der Waals surface area contributed by atoms with Crippen LogP contribution in [0.15, 0.2) is 72.0 Å². The zero-order valence-corrected chi connectivity index (χ0v) is 16.7. The number of hydrogen-bond donors (Lipinski definition) is 1. The predicted molar refractivity (Wildman–Crippen MR) is 109 cm³/mol. The number of hydrogen-bond acceptors (Lipinski definition) is 5. The smallest absolute Gasteiger partial charge is 0.437 e. The molecule has 0 aliphatic rings. The molecule has 160 valence electrons. The topological polar surface area (TPSA) is 72.8 Å². The third kappa shape index (κ3) is 5.73. The molecule has 1 heterocycles. The first kappa shape index (κ1) is 22.1. The number of ether oxygens (including phenoxy) is 1. The molecular formula is C21H15ClF3N3O3. The molecule has 2 aromatic carbocycles. The van der Waals surface area contributed by atoms with Crippen molar-refractivity contribution in [1.29, 1.82) is 0 Å². The van der Waals surface area contributed by atoms with Gasteiger partial charge in [-0.2, -0.15) is 13.2 Å². The van der Waals surface area contributed by atoms with Gasteiger partial charge in [0.1, 0.15) is 17.2 Å². The molecule has 1 N–H and O–H groups in total. The number of benzene rings is 2. The minimum absolute atomic E-state index is 0.00999. The Morgan fingerprint density at radius 2 is 1.77 bits per heavy atom. The average molecular weight is 450 g/mol. The third-order valence-electron chi connectivity index (χ3n) is 4.00. The second-order valence-corrected chi connectivity index (χ2v) is 6.50. The third-order valence-corrected chi connectivity index (χ3v) is 4.28. The molecule has 0 saturated carbocycles. The van der Waals surface area contributed by atoms with Gasteiger partial charge in [-0.1, -0.05) is 47.1 Å². The lowest BCUT2D eigenvalue weighted by molar-refractivity contribution is -0.137. The van der Waals surface area contributed by atoms with Crippen LogP contribution >= 0.6 is 11.6 Å². The summed E-state index contributed by atoms with van der Waals surface area (Å²) < 4.78 is 43.8. The SMILES string of the molecule is COc1ccc(NC(=O)O/N=C(\c2ccccc2)c2ncc(C(F)(F)F)cc2Cl)cc1. The molecule has 3 rings (SSSR count). The lowest BCUT2D eigenvalue weighted by Crippen LogP contribution is -2.15. The van der Waals surface area contributed by atoms with E-state index >= 15 is 0 Å². The molecular weight excluding hydrogens is 435 g/mol. The molecule has 1 amide bonds. The van der Waals surface area contributed by atoms with Crippen LogP contribution in [0.3, 0.4) is 0 Å². The molecule has 31 heavy (non-hydrogen) atoms. The van der Waals surface area contributed by atoms with Gasteiger partial charge < -0.3 is 4.74 Å². The second kappa shape index (κ2) is 9.48. The van der Waals surface area contributed by atoms with Gasteiger partial charge in [0.05, 0.1) is 17.7 Å². The van der Waals surface area contributed by atoms with E-state index in [2.05, 4.69) is 15.5 Å². The van der Waals surface area contributed by atoms with Gasteiger partial charge in [0.25, 0.3) is 0 Å². The fraction of sp³-hybridized carbons (Fsp3) is 0.0952. The van der Waals surface area contributed by atoms with E-state index in [1.54, 1.807) is 54.6 Å². The number of nitrogens with one attached hydrogen (secondary N) is 1. The first-order valence-electron chi connectivity index (χ1n) is 8.76. The number of halogens is 4. The van der Waals surface area contributed by atoms with Crippen LogP contribution in [0.25, 0.3) is 0 Å². The van der Waals surface area contributed by atoms with Crippen LogP contribution in [0.4, 0.5) is 23.7 Å². The van der Waals surface area contributed by atoms with Crippen molar-refractivity contribution >= 4 is 29.1 Å². The van der Waals surface area contributed by atoms with Gasteiger partial charge in [-0.3, -0.25) is 15.1 Å². The van der Waals surface area contributed by atoms with Gasteiger partial charge in [0.15, 0.2) is 0 Å². The predicted octanol–water partition coefficient (Wildman–Crippen LogP) is 5.76. The normalized spacial score (nSPS) is 11.7. The molecule has 0 aliphatic heterocycles. The maximum Gasteiger partial charge on any atom is 0.437 e. The van der Waals surface area contributed by atoms with Crippen molar-refractivity contribution in [2.24, 2.45) is 5.16 Å². The molecule has 0 aliphatic carbocycles. The van der Waals surface area contributed by atoms with Gasteiger partial charge in [-0.15, -0.1) is 0 Å². The number of carbonyl (C=O) groups excluding carboxylic acids is 1. The summed E-state index contributed by atoms with van der Waals surface area (Å²) in [5, 5.41) is 5.97. The summed E-state index contributed by atoms with van der Waals surface area (Å²) >= 11 is 6.04. The minimum Gasteiger partial charge on any atom is -0.497 e. The largest absolute Gasteiger partial charge is 0.497 e. The fourth-order valence-corrected chi connectivity index (χ4v) is 2.75. The Bertz CT molecular complexity index is 1090.